The number of rotatable bonds is 0. The van der Waals surface area contributed by atoms with Crippen LogP contribution in [-0.2, 0) is 4.84 Å². The van der Waals surface area contributed by atoms with E-state index in [-0.39, 0.29) is 0 Å². The van der Waals surface area contributed by atoms with Crippen molar-refractivity contribution in [3.8, 4) is 0 Å². The molecule has 0 aromatic carbocycles. The SMILES string of the molecule is C1CCCO[N]CC1. The Kier molecular flexibility index (Phi) is 2.92. The Morgan fingerprint density at radius 2 is 1.88 bits per heavy atom. The molecular formula is C6H12NO. The van der Waals surface area contributed by atoms with Crippen molar-refractivity contribution in [2.45, 2.75) is 25.7 Å². The molecule has 1 rings (SSSR count). The largest absolute Gasteiger partial charge is 0.282 e. The predicted octanol–water partition coefficient (Wildman–Crippen LogP) is 1.10. The van der Waals surface area contributed by atoms with E-state index in [0.29, 0.717) is 0 Å². The van der Waals surface area contributed by atoms with Gasteiger partial charge < -0.3 is 0 Å². The molecule has 0 N–H and O–H groups in total. The third-order valence-electron chi connectivity index (χ3n) is 1.33. The quantitative estimate of drug-likeness (QED) is 0.462. The van der Waals surface area contributed by atoms with E-state index >= 15 is 0 Å². The highest BCUT2D eigenvalue weighted by Gasteiger charge is 1.96. The minimum atomic E-state index is 0.833. The maximum atomic E-state index is 4.90. The first-order valence-corrected chi connectivity index (χ1v) is 3.29. The average Bonchev–Trinajstić information content (AvgIpc) is 1.62. The molecule has 2 heteroatoms. The summed E-state index contributed by atoms with van der Waals surface area (Å²) in [5.74, 6) is 0. The summed E-state index contributed by atoms with van der Waals surface area (Å²) in [7, 11) is 0. The average molecular weight is 114 g/mol. The van der Waals surface area contributed by atoms with E-state index in [1.165, 1.54) is 25.7 Å². The zero-order valence-corrected chi connectivity index (χ0v) is 5.10. The van der Waals surface area contributed by atoms with Gasteiger partial charge in [0.1, 0.15) is 0 Å². The molecule has 1 aliphatic heterocycles. The predicted molar refractivity (Wildman–Crippen MR) is 31.4 cm³/mol. The summed E-state index contributed by atoms with van der Waals surface area (Å²) in [4.78, 5) is 4.90. The standard InChI is InChI=1S/C6H12NO/c1-2-4-6-8-7-5-3-1/h1-6H2. The van der Waals surface area contributed by atoms with Gasteiger partial charge in [0.25, 0.3) is 0 Å². The maximum Gasteiger partial charge on any atom is 0.0702 e. The molecule has 0 spiro atoms. The van der Waals surface area contributed by atoms with Gasteiger partial charge in [0.05, 0.1) is 6.61 Å². The van der Waals surface area contributed by atoms with Crippen LogP contribution >= 0.6 is 0 Å². The Bertz CT molecular complexity index is 32.5. The highest BCUT2D eigenvalue weighted by atomic mass is 16.6. The first-order valence-electron chi connectivity index (χ1n) is 3.29. The van der Waals surface area contributed by atoms with Crippen LogP contribution in [0.2, 0.25) is 0 Å². The summed E-state index contributed by atoms with van der Waals surface area (Å²) in [6.07, 6.45) is 5.03. The second-order valence-electron chi connectivity index (χ2n) is 2.10. The van der Waals surface area contributed by atoms with Crippen LogP contribution in [0.3, 0.4) is 0 Å². The summed E-state index contributed by atoms with van der Waals surface area (Å²) in [6.45, 7) is 1.74. The van der Waals surface area contributed by atoms with E-state index in [4.69, 9.17) is 4.84 Å². The van der Waals surface area contributed by atoms with Gasteiger partial charge in [0.15, 0.2) is 0 Å². The summed E-state index contributed by atoms with van der Waals surface area (Å²) in [6, 6.07) is 0. The van der Waals surface area contributed by atoms with Crippen LogP contribution in [0.1, 0.15) is 25.7 Å². The smallest absolute Gasteiger partial charge is 0.0702 e. The van der Waals surface area contributed by atoms with Crippen molar-refractivity contribution in [2.24, 2.45) is 0 Å². The molecule has 0 atom stereocenters. The van der Waals surface area contributed by atoms with Crippen LogP contribution < -0.4 is 5.48 Å². The first-order chi connectivity index (χ1) is 4.00. The van der Waals surface area contributed by atoms with Crippen LogP contribution in [0, 0.1) is 0 Å². The van der Waals surface area contributed by atoms with Crippen LogP contribution in [0.15, 0.2) is 0 Å². The van der Waals surface area contributed by atoms with E-state index in [9.17, 15) is 0 Å². The molecule has 2 nitrogen and oxygen atoms in total. The van der Waals surface area contributed by atoms with Crippen LogP contribution in [0.5, 0.6) is 0 Å². The topological polar surface area (TPSA) is 23.3 Å². The molecule has 0 bridgehead atoms. The third kappa shape index (κ3) is 2.28. The van der Waals surface area contributed by atoms with Gasteiger partial charge in [0.2, 0.25) is 0 Å². The molecule has 1 radical (unpaired) electrons. The highest BCUT2D eigenvalue weighted by Crippen LogP contribution is 2.01. The molecule has 1 aliphatic rings. The molecule has 1 saturated heterocycles. The van der Waals surface area contributed by atoms with Crippen molar-refractivity contribution in [3.63, 3.8) is 0 Å². The highest BCUT2D eigenvalue weighted by molar-refractivity contribution is 4.45. The van der Waals surface area contributed by atoms with Crippen LogP contribution in [-0.4, -0.2) is 13.2 Å². The van der Waals surface area contributed by atoms with Gasteiger partial charge in [-0.1, -0.05) is 18.3 Å². The van der Waals surface area contributed by atoms with Crippen molar-refractivity contribution < 1.29 is 4.84 Å². The molecule has 1 heterocycles. The van der Waals surface area contributed by atoms with Gasteiger partial charge in [-0.2, -0.15) is 0 Å². The summed E-state index contributed by atoms with van der Waals surface area (Å²) >= 11 is 0. The lowest BCUT2D eigenvalue weighted by molar-refractivity contribution is 0.0228. The fraction of sp³-hybridized carbons (Fsp3) is 1.00. The van der Waals surface area contributed by atoms with Crippen LogP contribution in [0.4, 0.5) is 0 Å². The monoisotopic (exact) mass is 114 g/mol. The van der Waals surface area contributed by atoms with Gasteiger partial charge >= 0.3 is 0 Å². The zero-order valence-electron chi connectivity index (χ0n) is 5.10. The Balaban J connectivity index is 2.00. The Hall–Kier alpha value is -0.0800. The Labute approximate surface area is 50.2 Å². The number of hydrogen-bond acceptors (Lipinski definition) is 1. The van der Waals surface area contributed by atoms with Gasteiger partial charge in [-0.3, -0.25) is 4.84 Å². The van der Waals surface area contributed by atoms with E-state index in [1.54, 1.807) is 0 Å². The molecule has 0 unspecified atom stereocenters. The summed E-state index contributed by atoms with van der Waals surface area (Å²) in [5, 5.41) is 0. The van der Waals surface area contributed by atoms with Crippen LogP contribution in [0.25, 0.3) is 0 Å². The van der Waals surface area contributed by atoms with Gasteiger partial charge in [-0.15, -0.1) is 0 Å². The number of nitrogens with zero attached hydrogens (tertiary/aromatic N) is 1. The van der Waals surface area contributed by atoms with Crippen molar-refractivity contribution in [2.75, 3.05) is 13.2 Å². The number of hydrogen-bond donors (Lipinski definition) is 0. The maximum absolute atomic E-state index is 4.90. The minimum Gasteiger partial charge on any atom is -0.282 e. The first kappa shape index (κ1) is 6.05. The lowest BCUT2D eigenvalue weighted by Gasteiger charge is -2.06. The van der Waals surface area contributed by atoms with Gasteiger partial charge in [-0.05, 0) is 12.8 Å². The van der Waals surface area contributed by atoms with E-state index < -0.39 is 0 Å². The second kappa shape index (κ2) is 3.87. The fourth-order valence-electron chi connectivity index (χ4n) is 0.826. The second-order valence-corrected chi connectivity index (χ2v) is 2.10. The van der Waals surface area contributed by atoms with Crippen molar-refractivity contribution in [1.29, 1.82) is 0 Å². The molecule has 0 aromatic rings. The molecular weight excluding hydrogens is 102 g/mol. The zero-order chi connectivity index (χ0) is 5.66. The normalized spacial score (nSPS) is 24.0. The lowest BCUT2D eigenvalue weighted by atomic mass is 10.2. The van der Waals surface area contributed by atoms with E-state index in [0.717, 1.165) is 13.2 Å². The molecule has 47 valence electrons. The van der Waals surface area contributed by atoms with Crippen molar-refractivity contribution in [3.05, 3.63) is 0 Å². The molecule has 0 aliphatic carbocycles. The molecule has 8 heavy (non-hydrogen) atoms. The molecule has 0 saturated carbocycles. The van der Waals surface area contributed by atoms with Gasteiger partial charge in [0, 0.05) is 6.54 Å². The van der Waals surface area contributed by atoms with Crippen molar-refractivity contribution >= 4 is 0 Å². The molecule has 1 fully saturated rings. The Morgan fingerprint density at radius 1 is 1.00 bits per heavy atom. The fourth-order valence-corrected chi connectivity index (χ4v) is 0.826. The summed E-state index contributed by atoms with van der Waals surface area (Å²) in [5.41, 5.74) is 3.83. The van der Waals surface area contributed by atoms with Gasteiger partial charge in [-0.25, -0.2) is 0 Å². The molecule has 0 amide bonds. The minimum absolute atomic E-state index is 0.833. The van der Waals surface area contributed by atoms with E-state index in [1.807, 2.05) is 0 Å². The van der Waals surface area contributed by atoms with Crippen molar-refractivity contribution in [1.82, 2.24) is 5.48 Å². The third-order valence-corrected chi connectivity index (χ3v) is 1.33. The number of hydroxylamine groups is 1. The summed E-state index contributed by atoms with van der Waals surface area (Å²) < 4.78 is 0. The molecule has 0 aromatic heterocycles. The Morgan fingerprint density at radius 3 is 2.88 bits per heavy atom. The lowest BCUT2D eigenvalue weighted by Crippen LogP contribution is -2.11. The van der Waals surface area contributed by atoms with E-state index in [2.05, 4.69) is 5.48 Å².